The van der Waals surface area contributed by atoms with Crippen LogP contribution >= 0.6 is 30.0 Å². The molecule has 0 unspecified atom stereocenters. The minimum Gasteiger partial charge on any atom is -0.497 e. The Morgan fingerprint density at radius 2 is 1.48 bits per heavy atom. The normalized spacial score (nSPS) is 17.5. The zero-order valence-electron chi connectivity index (χ0n) is 28.6. The first-order valence-corrected chi connectivity index (χ1v) is 20.3. The van der Waals surface area contributed by atoms with Crippen molar-refractivity contribution in [1.82, 2.24) is 15.1 Å². The number of alkyl halides is 1. The monoisotopic (exact) mass is 759 g/mol. The molecule has 1 aromatic heterocycles. The molecule has 9 nitrogen and oxygen atoms in total. The summed E-state index contributed by atoms with van der Waals surface area (Å²) < 4.78 is 27.4. The second kappa shape index (κ2) is 17.0. The van der Waals surface area contributed by atoms with Gasteiger partial charge in [-0.05, 0) is 40.5 Å². The minimum absolute atomic E-state index is 0.0407. The molecule has 0 saturated carbocycles. The van der Waals surface area contributed by atoms with Gasteiger partial charge >= 0.3 is 5.97 Å². The number of carbonyl (C=O) groups excluding carboxylic acids is 2. The third-order valence-corrected chi connectivity index (χ3v) is 15.4. The Bertz CT molecular complexity index is 1880. The number of nitrogens with zero attached hydrogens (tertiary/aromatic N) is 3. The van der Waals surface area contributed by atoms with E-state index in [0.717, 1.165) is 15.9 Å². The molecule has 4 aromatic carbocycles. The number of methoxy groups -OCH3 is 1. The molecule has 1 aliphatic heterocycles. The average molecular weight is 760 g/mol. The predicted molar refractivity (Wildman–Crippen MR) is 205 cm³/mol. The van der Waals surface area contributed by atoms with Crippen molar-refractivity contribution in [3.05, 3.63) is 126 Å². The van der Waals surface area contributed by atoms with E-state index in [1.54, 1.807) is 36.9 Å². The van der Waals surface area contributed by atoms with Crippen molar-refractivity contribution >= 4 is 63.2 Å². The molecule has 0 radical (unpaired) electrons. The van der Waals surface area contributed by atoms with Crippen molar-refractivity contribution < 1.29 is 33.7 Å². The quantitative estimate of drug-likeness (QED) is 0.0680. The van der Waals surface area contributed by atoms with Gasteiger partial charge in [0.1, 0.15) is 23.3 Å². The number of β-lactam (4-membered cyclic amide) rings is 1. The zero-order valence-corrected chi connectivity index (χ0v) is 31.1. The molecular weight excluding hydrogens is 721 g/mol. The summed E-state index contributed by atoms with van der Waals surface area (Å²) in [4.78, 5) is 31.0. The minimum atomic E-state index is -3.32. The zero-order chi connectivity index (χ0) is 36.7. The van der Waals surface area contributed by atoms with Gasteiger partial charge in [0.15, 0.2) is 4.34 Å². The number of amides is 1. The lowest BCUT2D eigenvalue weighted by molar-refractivity contribution is -0.164. The molecule has 52 heavy (non-hydrogen) atoms. The van der Waals surface area contributed by atoms with E-state index in [9.17, 15) is 15.0 Å². The van der Waals surface area contributed by atoms with E-state index in [4.69, 9.17) is 9.47 Å². The van der Waals surface area contributed by atoms with E-state index in [2.05, 4.69) is 10.2 Å². The molecule has 6 rings (SSSR count). The van der Waals surface area contributed by atoms with Gasteiger partial charge in [-0.2, -0.15) is 0 Å². The molecule has 0 aliphatic carbocycles. The predicted octanol–water partition coefficient (Wildman–Crippen LogP) is 4.66. The van der Waals surface area contributed by atoms with Crippen LogP contribution in [0.3, 0.4) is 0 Å². The first-order valence-electron chi connectivity index (χ1n) is 16.7. The number of halogens is 1. The lowest BCUT2D eigenvalue weighted by Crippen LogP contribution is -2.72. The summed E-state index contributed by atoms with van der Waals surface area (Å²) in [6.07, 6.45) is -2.46. The largest absolute Gasteiger partial charge is 0.497 e. The van der Waals surface area contributed by atoms with Gasteiger partial charge in [0.25, 0.3) is 0 Å². The lowest BCUT2D eigenvalue weighted by Gasteiger charge is -2.53. The Kier molecular flexibility index (Phi) is 12.2. The van der Waals surface area contributed by atoms with Crippen LogP contribution in [0.15, 0.2) is 125 Å². The fraction of sp³-hybridized carbons (Fsp3) is 0.256. The summed E-state index contributed by atoms with van der Waals surface area (Å²) >= 11 is 2.52. The van der Waals surface area contributed by atoms with Crippen LogP contribution in [0, 0.1) is 11.8 Å². The molecule has 2 heterocycles. The highest BCUT2D eigenvalue weighted by Gasteiger charge is 2.58. The van der Waals surface area contributed by atoms with Gasteiger partial charge < -0.3 is 24.6 Å². The summed E-state index contributed by atoms with van der Waals surface area (Å²) in [5.41, 5.74) is 2.30. The summed E-state index contributed by atoms with van der Waals surface area (Å²) in [5, 5.41) is 32.7. The third-order valence-electron chi connectivity index (χ3n) is 9.22. The molecule has 1 fully saturated rings. The molecule has 270 valence electrons. The van der Waals surface area contributed by atoms with Gasteiger partial charge in [-0.25, -0.2) is 4.79 Å². The van der Waals surface area contributed by atoms with Crippen LogP contribution in [0.5, 0.6) is 5.75 Å². The number of esters is 1. The van der Waals surface area contributed by atoms with E-state index in [0.29, 0.717) is 15.7 Å². The molecule has 0 bridgehead atoms. The van der Waals surface area contributed by atoms with E-state index < -0.39 is 55.5 Å². The number of aromatic nitrogens is 2. The van der Waals surface area contributed by atoms with Gasteiger partial charge in [0.2, 0.25) is 5.91 Å². The number of aliphatic hydroxyl groups excluding tert-OH is 2. The first kappa shape index (κ1) is 37.4. The van der Waals surface area contributed by atoms with Crippen molar-refractivity contribution in [1.29, 1.82) is 0 Å². The lowest BCUT2D eigenvalue weighted by atomic mass is 9.74. The standard InChI is InChI=1S/C39H39FN3O6PS2/c1-26(44)34-35(32(22-40)33(45)24-51-39-42-41-25-52-39)43(36(34)46)37(38(47)49-23-27-18-20-28(48-2)21-19-27)50(29-12-6-3-7-13-29,30-14-8-4-9-15-30)31-16-10-5-11-17-31/h3-21,25-26,32-35,44-45H,22-24H2,1-2H3/t26-,32+,33+,34-,35-/m1/s1. The maximum Gasteiger partial charge on any atom is 0.356 e. The molecule has 5 aromatic rings. The number of ether oxygens (including phenoxy) is 2. The fourth-order valence-corrected chi connectivity index (χ4v) is 12.7. The van der Waals surface area contributed by atoms with Crippen molar-refractivity contribution in [2.24, 2.45) is 11.8 Å². The maximum atomic E-state index is 15.4. The number of benzene rings is 4. The van der Waals surface area contributed by atoms with Gasteiger partial charge in [-0.1, -0.05) is 126 Å². The topological polar surface area (TPSA) is 122 Å². The van der Waals surface area contributed by atoms with Crippen LogP contribution < -0.4 is 20.7 Å². The third kappa shape index (κ3) is 7.44. The Balaban J connectivity index is 1.60. The van der Waals surface area contributed by atoms with Crippen LogP contribution in [0.1, 0.15) is 12.5 Å². The summed E-state index contributed by atoms with van der Waals surface area (Å²) in [6.45, 7) is -2.99. The molecule has 5 atom stereocenters. The Hall–Kier alpha value is -4.32. The van der Waals surface area contributed by atoms with Gasteiger partial charge in [0.05, 0.1) is 38.0 Å². The van der Waals surface area contributed by atoms with E-state index >= 15 is 9.18 Å². The van der Waals surface area contributed by atoms with Crippen LogP contribution in [0.4, 0.5) is 4.39 Å². The molecule has 1 aliphatic rings. The fourth-order valence-electron chi connectivity index (χ4n) is 6.76. The second-order valence-electron chi connectivity index (χ2n) is 12.3. The van der Waals surface area contributed by atoms with Gasteiger partial charge in [0, 0.05) is 18.6 Å². The van der Waals surface area contributed by atoms with E-state index in [-0.39, 0.29) is 17.8 Å². The SMILES string of the molecule is COc1ccc(COC(=O)C(N2C(=O)[C@H]([C@@H](C)O)[C@H]2[C@@H](CF)[C@@H](O)CSc2nncs2)=P(c2ccccc2)(c2ccccc2)c2ccccc2)cc1. The summed E-state index contributed by atoms with van der Waals surface area (Å²) in [5.74, 6) is -2.86. The molecule has 13 heteroatoms. The maximum absolute atomic E-state index is 15.4. The molecule has 1 amide bonds. The Morgan fingerprint density at radius 1 is 0.923 bits per heavy atom. The number of hydrogen-bond donors (Lipinski definition) is 2. The molecule has 1 saturated heterocycles. The number of hydrogen-bond acceptors (Lipinski definition) is 10. The summed E-state index contributed by atoms with van der Waals surface area (Å²) in [7, 11) is 1.56. The number of aliphatic hydroxyl groups is 2. The van der Waals surface area contributed by atoms with Crippen LogP contribution in [-0.4, -0.2) is 80.4 Å². The van der Waals surface area contributed by atoms with Crippen LogP contribution in [-0.2, 0) is 20.9 Å². The molecular formula is C39H39FN3O6PS2. The highest BCUT2D eigenvalue weighted by atomic mass is 32.2. The Labute approximate surface area is 310 Å². The van der Waals surface area contributed by atoms with Crippen LogP contribution in [0.25, 0.3) is 0 Å². The molecule has 0 spiro atoms. The van der Waals surface area contributed by atoms with Gasteiger partial charge in [-0.3, -0.25) is 9.18 Å². The number of carbonyl (C=O) groups is 2. The number of thioether (sulfide) groups is 1. The highest BCUT2D eigenvalue weighted by molar-refractivity contribution is 8.01. The van der Waals surface area contributed by atoms with Crippen molar-refractivity contribution in [3.8, 4) is 5.75 Å². The Morgan fingerprint density at radius 3 is 1.94 bits per heavy atom. The summed E-state index contributed by atoms with van der Waals surface area (Å²) in [6, 6.07) is 34.5. The smallest absolute Gasteiger partial charge is 0.356 e. The second-order valence-corrected chi connectivity index (χ2v) is 17.7. The van der Waals surface area contributed by atoms with Gasteiger partial charge in [-0.15, -0.1) is 10.2 Å². The highest BCUT2D eigenvalue weighted by Crippen LogP contribution is 2.51. The average Bonchev–Trinajstić information content (AvgIpc) is 3.71. The first-order chi connectivity index (χ1) is 25.3. The van der Waals surface area contributed by atoms with Crippen LogP contribution in [0.2, 0.25) is 0 Å². The van der Waals surface area contributed by atoms with Crippen molar-refractivity contribution in [3.63, 3.8) is 0 Å². The van der Waals surface area contributed by atoms with E-state index in [1.807, 2.05) is 91.0 Å². The number of rotatable bonds is 15. The molecule has 2 N–H and O–H groups in total. The van der Waals surface area contributed by atoms with Crippen molar-refractivity contribution in [2.45, 2.75) is 36.1 Å². The van der Waals surface area contributed by atoms with E-state index in [1.165, 1.54) is 34.9 Å². The van der Waals surface area contributed by atoms with Crippen molar-refractivity contribution in [2.75, 3.05) is 19.5 Å². The number of likely N-dealkylation sites (tertiary alicyclic amines) is 1.